The molecule has 0 aromatic carbocycles. The molecule has 0 bridgehead atoms. The van der Waals surface area contributed by atoms with Crippen molar-refractivity contribution in [3.05, 3.63) is 41.0 Å². The summed E-state index contributed by atoms with van der Waals surface area (Å²) in [5, 5.41) is 13.2. The highest BCUT2D eigenvalue weighted by Gasteiger charge is 2.28. The number of rotatable bonds is 3. The van der Waals surface area contributed by atoms with Gasteiger partial charge in [0, 0.05) is 24.8 Å². The predicted molar refractivity (Wildman–Crippen MR) is 73.0 cm³/mol. The van der Waals surface area contributed by atoms with Crippen molar-refractivity contribution < 1.29 is 9.90 Å². The summed E-state index contributed by atoms with van der Waals surface area (Å²) in [6.07, 6.45) is 1.79. The van der Waals surface area contributed by atoms with Crippen LogP contribution in [0, 0.1) is 6.92 Å². The van der Waals surface area contributed by atoms with Crippen LogP contribution in [-0.2, 0) is 26.7 Å². The maximum Gasteiger partial charge on any atom is 0.271 e. The summed E-state index contributed by atoms with van der Waals surface area (Å²) >= 11 is 0. The lowest BCUT2D eigenvalue weighted by Crippen LogP contribution is -2.28. The second-order valence-corrected chi connectivity index (χ2v) is 5.14. The highest BCUT2D eigenvalue weighted by molar-refractivity contribution is 5.93. The van der Waals surface area contributed by atoms with Crippen LogP contribution in [0.1, 0.15) is 27.4 Å². The third-order valence-corrected chi connectivity index (χ3v) is 3.93. The summed E-state index contributed by atoms with van der Waals surface area (Å²) in [5.41, 5.74) is 3.86. The van der Waals surface area contributed by atoms with E-state index >= 15 is 0 Å². The number of aromatic nitrogens is 3. The van der Waals surface area contributed by atoms with Crippen molar-refractivity contribution in [2.45, 2.75) is 26.6 Å². The molecule has 0 unspecified atom stereocenters. The fourth-order valence-corrected chi connectivity index (χ4v) is 2.63. The third-order valence-electron chi connectivity index (χ3n) is 3.93. The molecule has 0 atom stereocenters. The minimum Gasteiger partial charge on any atom is -0.394 e. The molecular weight excluding hydrogens is 256 g/mol. The average molecular weight is 274 g/mol. The van der Waals surface area contributed by atoms with E-state index in [1.807, 2.05) is 35.6 Å². The fourth-order valence-electron chi connectivity index (χ4n) is 2.63. The highest BCUT2D eigenvalue weighted by atomic mass is 16.3. The smallest absolute Gasteiger partial charge is 0.271 e. The van der Waals surface area contributed by atoms with Gasteiger partial charge in [-0.25, -0.2) is 0 Å². The van der Waals surface area contributed by atoms with E-state index in [-0.39, 0.29) is 12.5 Å². The van der Waals surface area contributed by atoms with E-state index in [1.54, 1.807) is 10.9 Å². The summed E-state index contributed by atoms with van der Waals surface area (Å²) in [7, 11) is 1.90. The molecule has 0 saturated carbocycles. The van der Waals surface area contributed by atoms with Gasteiger partial charge in [0.1, 0.15) is 5.69 Å². The molecule has 3 heterocycles. The van der Waals surface area contributed by atoms with E-state index in [9.17, 15) is 4.79 Å². The monoisotopic (exact) mass is 274 g/mol. The Kier molecular flexibility index (Phi) is 3.10. The molecule has 106 valence electrons. The molecule has 0 spiro atoms. The van der Waals surface area contributed by atoms with Gasteiger partial charge in [-0.1, -0.05) is 0 Å². The van der Waals surface area contributed by atoms with Gasteiger partial charge in [0.15, 0.2) is 0 Å². The van der Waals surface area contributed by atoms with E-state index in [0.29, 0.717) is 25.3 Å². The number of aryl methyl sites for hydroxylation is 1. The molecule has 2 aromatic heterocycles. The van der Waals surface area contributed by atoms with Gasteiger partial charge in [-0.15, -0.1) is 0 Å². The Labute approximate surface area is 117 Å². The number of hydrogen-bond acceptors (Lipinski definition) is 3. The van der Waals surface area contributed by atoms with Crippen molar-refractivity contribution in [3.8, 4) is 0 Å². The van der Waals surface area contributed by atoms with Gasteiger partial charge in [-0.3, -0.25) is 9.48 Å². The first-order chi connectivity index (χ1) is 9.61. The standard InChI is InChI=1S/C14H18N4O2/c1-10-3-4-12(16(10)2)14(20)17-8-11-7-15-18(5-6-19)13(11)9-17/h3-4,7,19H,5-6,8-9H2,1-2H3. The molecule has 1 aliphatic heterocycles. The van der Waals surface area contributed by atoms with Crippen LogP contribution in [0.3, 0.4) is 0 Å². The molecule has 2 aromatic rings. The molecule has 1 aliphatic rings. The number of aliphatic hydroxyl groups is 1. The lowest BCUT2D eigenvalue weighted by atomic mass is 10.3. The quantitative estimate of drug-likeness (QED) is 0.895. The van der Waals surface area contributed by atoms with E-state index in [1.165, 1.54) is 0 Å². The lowest BCUT2D eigenvalue weighted by Gasteiger charge is -2.17. The molecule has 0 aliphatic carbocycles. The molecular formula is C14H18N4O2. The number of nitrogens with zero attached hydrogens (tertiary/aromatic N) is 4. The SMILES string of the molecule is Cc1ccc(C(=O)N2Cc3cnn(CCO)c3C2)n1C. The van der Waals surface area contributed by atoms with Crippen LogP contribution in [0.4, 0.5) is 0 Å². The normalized spacial score (nSPS) is 13.8. The lowest BCUT2D eigenvalue weighted by molar-refractivity contribution is 0.0738. The van der Waals surface area contributed by atoms with Crippen molar-refractivity contribution in [1.82, 2.24) is 19.2 Å². The first-order valence-corrected chi connectivity index (χ1v) is 6.68. The number of amides is 1. The Morgan fingerprint density at radius 3 is 2.85 bits per heavy atom. The van der Waals surface area contributed by atoms with Crippen molar-refractivity contribution >= 4 is 5.91 Å². The number of hydrogen-bond donors (Lipinski definition) is 1. The average Bonchev–Trinajstić information content (AvgIpc) is 3.08. The van der Waals surface area contributed by atoms with Crippen molar-refractivity contribution in [2.24, 2.45) is 7.05 Å². The van der Waals surface area contributed by atoms with Gasteiger partial charge in [0.2, 0.25) is 0 Å². The Bertz CT molecular complexity index is 656. The predicted octanol–water partition coefficient (Wildman–Crippen LogP) is 0.678. The van der Waals surface area contributed by atoms with Gasteiger partial charge in [-0.2, -0.15) is 5.10 Å². The van der Waals surface area contributed by atoms with Crippen molar-refractivity contribution in [1.29, 1.82) is 0 Å². The van der Waals surface area contributed by atoms with E-state index in [0.717, 1.165) is 17.0 Å². The molecule has 6 nitrogen and oxygen atoms in total. The van der Waals surface area contributed by atoms with E-state index in [2.05, 4.69) is 5.10 Å². The molecule has 3 rings (SSSR count). The largest absolute Gasteiger partial charge is 0.394 e. The third kappa shape index (κ3) is 1.92. The zero-order valence-corrected chi connectivity index (χ0v) is 11.7. The maximum atomic E-state index is 12.5. The van der Waals surface area contributed by atoms with Gasteiger partial charge < -0.3 is 14.6 Å². The second-order valence-electron chi connectivity index (χ2n) is 5.14. The van der Waals surface area contributed by atoms with Gasteiger partial charge in [0.05, 0.1) is 31.6 Å². The van der Waals surface area contributed by atoms with Crippen LogP contribution >= 0.6 is 0 Å². The van der Waals surface area contributed by atoms with Gasteiger partial charge >= 0.3 is 0 Å². The zero-order chi connectivity index (χ0) is 14.3. The molecule has 20 heavy (non-hydrogen) atoms. The fraction of sp³-hybridized carbons (Fsp3) is 0.429. The number of carbonyl (C=O) groups is 1. The second kappa shape index (κ2) is 4.79. The number of aliphatic hydroxyl groups excluding tert-OH is 1. The summed E-state index contributed by atoms with van der Waals surface area (Å²) in [5.74, 6) is 0.0346. The first kappa shape index (κ1) is 12.9. The van der Waals surface area contributed by atoms with Gasteiger partial charge in [-0.05, 0) is 19.1 Å². The van der Waals surface area contributed by atoms with Crippen LogP contribution in [0.25, 0.3) is 0 Å². The molecule has 0 fully saturated rings. The molecule has 1 N–H and O–H groups in total. The van der Waals surface area contributed by atoms with Crippen LogP contribution in [0.2, 0.25) is 0 Å². The molecule has 6 heteroatoms. The van der Waals surface area contributed by atoms with E-state index < -0.39 is 0 Å². The Morgan fingerprint density at radius 1 is 1.40 bits per heavy atom. The Morgan fingerprint density at radius 2 is 2.20 bits per heavy atom. The molecule has 1 amide bonds. The zero-order valence-electron chi connectivity index (χ0n) is 11.7. The Balaban J connectivity index is 1.81. The summed E-state index contributed by atoms with van der Waals surface area (Å²) in [4.78, 5) is 14.4. The minimum atomic E-state index is 0.0346. The van der Waals surface area contributed by atoms with Crippen LogP contribution in [0.5, 0.6) is 0 Å². The van der Waals surface area contributed by atoms with Gasteiger partial charge in [0.25, 0.3) is 5.91 Å². The van der Waals surface area contributed by atoms with Crippen molar-refractivity contribution in [2.75, 3.05) is 6.61 Å². The van der Waals surface area contributed by atoms with Crippen LogP contribution < -0.4 is 0 Å². The summed E-state index contributed by atoms with van der Waals surface area (Å²) in [6, 6.07) is 3.81. The summed E-state index contributed by atoms with van der Waals surface area (Å²) in [6.45, 7) is 3.65. The molecule has 0 saturated heterocycles. The highest BCUT2D eigenvalue weighted by Crippen LogP contribution is 2.24. The van der Waals surface area contributed by atoms with Crippen LogP contribution in [-0.4, -0.2) is 36.9 Å². The number of carbonyl (C=O) groups excluding carboxylic acids is 1. The summed E-state index contributed by atoms with van der Waals surface area (Å²) < 4.78 is 3.68. The molecule has 0 radical (unpaired) electrons. The topological polar surface area (TPSA) is 63.3 Å². The van der Waals surface area contributed by atoms with Crippen molar-refractivity contribution in [3.63, 3.8) is 0 Å². The van der Waals surface area contributed by atoms with Crippen LogP contribution in [0.15, 0.2) is 18.3 Å². The number of fused-ring (bicyclic) bond motifs is 1. The first-order valence-electron chi connectivity index (χ1n) is 6.68. The Hall–Kier alpha value is -2.08. The maximum absolute atomic E-state index is 12.5. The minimum absolute atomic E-state index is 0.0346. The van der Waals surface area contributed by atoms with E-state index in [4.69, 9.17) is 5.11 Å².